The van der Waals surface area contributed by atoms with Crippen LogP contribution in [0.15, 0.2) is 0 Å². The van der Waals surface area contributed by atoms with Crippen LogP contribution in [0.3, 0.4) is 0 Å². The number of rotatable bonds is 4. The summed E-state index contributed by atoms with van der Waals surface area (Å²) in [6, 6.07) is 0.874. The fourth-order valence-electron chi connectivity index (χ4n) is 2.06. The van der Waals surface area contributed by atoms with E-state index in [1.165, 1.54) is 51.7 Å². The first-order chi connectivity index (χ1) is 5.95. The maximum atomic E-state index is 3.62. The molecular weight excluding hydrogens is 148 g/mol. The summed E-state index contributed by atoms with van der Waals surface area (Å²) in [6.45, 7) is 3.75. The van der Waals surface area contributed by atoms with E-state index in [0.29, 0.717) is 0 Å². The van der Waals surface area contributed by atoms with Crippen LogP contribution < -0.4 is 10.6 Å². The summed E-state index contributed by atoms with van der Waals surface area (Å²) in [5.74, 6) is 0.956. The summed E-state index contributed by atoms with van der Waals surface area (Å²) in [4.78, 5) is 0. The molecule has 0 aromatic rings. The summed E-state index contributed by atoms with van der Waals surface area (Å²) in [7, 11) is 0. The SMILES string of the molecule is C1CC(NCCC2CCNC2)C1. The molecule has 1 aliphatic carbocycles. The molecule has 0 spiro atoms. The first-order valence-electron chi connectivity index (χ1n) is 5.39. The first kappa shape index (κ1) is 8.52. The van der Waals surface area contributed by atoms with Crippen molar-refractivity contribution in [2.24, 2.45) is 5.92 Å². The van der Waals surface area contributed by atoms with E-state index < -0.39 is 0 Å². The van der Waals surface area contributed by atoms with Crippen molar-refractivity contribution in [1.82, 2.24) is 10.6 Å². The van der Waals surface area contributed by atoms with Gasteiger partial charge in [-0.3, -0.25) is 0 Å². The lowest BCUT2D eigenvalue weighted by atomic mass is 9.93. The summed E-state index contributed by atoms with van der Waals surface area (Å²) < 4.78 is 0. The van der Waals surface area contributed by atoms with Gasteiger partial charge in [-0.2, -0.15) is 0 Å². The van der Waals surface area contributed by atoms with Gasteiger partial charge in [-0.25, -0.2) is 0 Å². The summed E-state index contributed by atoms with van der Waals surface area (Å²) in [5.41, 5.74) is 0. The van der Waals surface area contributed by atoms with Crippen LogP contribution in [-0.2, 0) is 0 Å². The van der Waals surface area contributed by atoms with Gasteiger partial charge < -0.3 is 10.6 Å². The highest BCUT2D eigenvalue weighted by Gasteiger charge is 2.18. The summed E-state index contributed by atoms with van der Waals surface area (Å²) in [6.07, 6.45) is 7.06. The molecule has 0 aromatic carbocycles. The van der Waals surface area contributed by atoms with Gasteiger partial charge in [0.2, 0.25) is 0 Å². The Morgan fingerprint density at radius 2 is 2.17 bits per heavy atom. The third-order valence-corrected chi connectivity index (χ3v) is 3.25. The van der Waals surface area contributed by atoms with Gasteiger partial charge in [0, 0.05) is 6.04 Å². The van der Waals surface area contributed by atoms with Crippen LogP contribution in [0.2, 0.25) is 0 Å². The molecule has 2 fully saturated rings. The molecule has 12 heavy (non-hydrogen) atoms. The molecule has 2 heteroatoms. The van der Waals surface area contributed by atoms with Crippen LogP contribution in [0.1, 0.15) is 32.1 Å². The lowest BCUT2D eigenvalue weighted by Crippen LogP contribution is -2.36. The molecule has 1 saturated carbocycles. The topological polar surface area (TPSA) is 24.1 Å². The highest BCUT2D eigenvalue weighted by molar-refractivity contribution is 4.78. The molecule has 2 nitrogen and oxygen atoms in total. The number of nitrogens with one attached hydrogen (secondary N) is 2. The van der Waals surface area contributed by atoms with Gasteiger partial charge in [-0.1, -0.05) is 6.42 Å². The van der Waals surface area contributed by atoms with Gasteiger partial charge in [0.1, 0.15) is 0 Å². The molecule has 0 amide bonds. The second kappa shape index (κ2) is 4.24. The maximum Gasteiger partial charge on any atom is 0.00670 e. The van der Waals surface area contributed by atoms with Crippen LogP contribution in [0, 0.1) is 5.92 Å². The Morgan fingerprint density at radius 3 is 2.75 bits per heavy atom. The van der Waals surface area contributed by atoms with E-state index in [0.717, 1.165) is 12.0 Å². The average molecular weight is 168 g/mol. The molecule has 0 aromatic heterocycles. The predicted octanol–water partition coefficient (Wildman–Crippen LogP) is 1.13. The van der Waals surface area contributed by atoms with Crippen LogP contribution in [0.25, 0.3) is 0 Å². The molecule has 2 N–H and O–H groups in total. The molecule has 70 valence electrons. The maximum absolute atomic E-state index is 3.62. The fourth-order valence-corrected chi connectivity index (χ4v) is 2.06. The zero-order valence-corrected chi connectivity index (χ0v) is 7.81. The van der Waals surface area contributed by atoms with Gasteiger partial charge in [0.25, 0.3) is 0 Å². The highest BCUT2D eigenvalue weighted by Crippen LogP contribution is 2.18. The second-order valence-electron chi connectivity index (χ2n) is 4.23. The quantitative estimate of drug-likeness (QED) is 0.657. The largest absolute Gasteiger partial charge is 0.316 e. The molecule has 0 radical (unpaired) electrons. The van der Waals surface area contributed by atoms with Gasteiger partial charge in [-0.15, -0.1) is 0 Å². The molecule has 1 saturated heterocycles. The van der Waals surface area contributed by atoms with Gasteiger partial charge in [0.05, 0.1) is 0 Å². The van der Waals surface area contributed by atoms with Crippen LogP contribution in [0.5, 0.6) is 0 Å². The fraction of sp³-hybridized carbons (Fsp3) is 1.00. The molecule has 1 atom stereocenters. The molecule has 2 aliphatic rings. The summed E-state index contributed by atoms with van der Waals surface area (Å²) in [5, 5.41) is 7.03. The van der Waals surface area contributed by atoms with Crippen LogP contribution in [-0.4, -0.2) is 25.7 Å². The van der Waals surface area contributed by atoms with Crippen molar-refractivity contribution in [2.45, 2.75) is 38.1 Å². The standard InChI is InChI=1S/C10H20N2/c1-2-10(3-1)12-7-5-9-4-6-11-8-9/h9-12H,1-8H2. The monoisotopic (exact) mass is 168 g/mol. The van der Waals surface area contributed by atoms with E-state index in [1.807, 2.05) is 0 Å². The Morgan fingerprint density at radius 1 is 1.25 bits per heavy atom. The van der Waals surface area contributed by atoms with E-state index in [2.05, 4.69) is 10.6 Å². The van der Waals surface area contributed by atoms with Crippen molar-refractivity contribution in [3.63, 3.8) is 0 Å². The average Bonchev–Trinajstić information content (AvgIpc) is 2.46. The Bertz CT molecular complexity index is 126. The Kier molecular flexibility index (Phi) is 3.01. The van der Waals surface area contributed by atoms with Crippen LogP contribution in [0.4, 0.5) is 0 Å². The zero-order chi connectivity index (χ0) is 8.23. The number of hydrogen-bond donors (Lipinski definition) is 2. The van der Waals surface area contributed by atoms with Gasteiger partial charge in [0.15, 0.2) is 0 Å². The molecule has 2 rings (SSSR count). The Balaban J connectivity index is 1.49. The first-order valence-corrected chi connectivity index (χ1v) is 5.39. The summed E-state index contributed by atoms with van der Waals surface area (Å²) >= 11 is 0. The van der Waals surface area contributed by atoms with Crippen LogP contribution >= 0.6 is 0 Å². The third-order valence-electron chi connectivity index (χ3n) is 3.25. The number of hydrogen-bond acceptors (Lipinski definition) is 2. The highest BCUT2D eigenvalue weighted by atomic mass is 14.9. The lowest BCUT2D eigenvalue weighted by molar-refractivity contribution is 0.329. The second-order valence-corrected chi connectivity index (χ2v) is 4.23. The molecule has 1 heterocycles. The van der Waals surface area contributed by atoms with Crippen molar-refractivity contribution in [2.75, 3.05) is 19.6 Å². The van der Waals surface area contributed by atoms with E-state index in [4.69, 9.17) is 0 Å². The van der Waals surface area contributed by atoms with Crippen molar-refractivity contribution in [1.29, 1.82) is 0 Å². The molecular formula is C10H20N2. The normalized spacial score (nSPS) is 30.5. The minimum absolute atomic E-state index is 0.874. The smallest absolute Gasteiger partial charge is 0.00670 e. The molecule has 1 unspecified atom stereocenters. The van der Waals surface area contributed by atoms with Gasteiger partial charge >= 0.3 is 0 Å². The van der Waals surface area contributed by atoms with Crippen molar-refractivity contribution in [3.05, 3.63) is 0 Å². The van der Waals surface area contributed by atoms with Crippen molar-refractivity contribution < 1.29 is 0 Å². The minimum atomic E-state index is 0.874. The Hall–Kier alpha value is -0.0800. The zero-order valence-electron chi connectivity index (χ0n) is 7.81. The van der Waals surface area contributed by atoms with Gasteiger partial charge in [-0.05, 0) is 51.2 Å². The third kappa shape index (κ3) is 2.20. The molecule has 1 aliphatic heterocycles. The lowest BCUT2D eigenvalue weighted by Gasteiger charge is -2.27. The van der Waals surface area contributed by atoms with E-state index in [-0.39, 0.29) is 0 Å². The van der Waals surface area contributed by atoms with E-state index in [9.17, 15) is 0 Å². The predicted molar refractivity (Wildman–Crippen MR) is 51.2 cm³/mol. The Labute approximate surface area is 75.1 Å². The minimum Gasteiger partial charge on any atom is -0.316 e. The van der Waals surface area contributed by atoms with Crippen molar-refractivity contribution in [3.8, 4) is 0 Å². The van der Waals surface area contributed by atoms with Crippen molar-refractivity contribution >= 4 is 0 Å². The van der Waals surface area contributed by atoms with E-state index in [1.54, 1.807) is 0 Å². The van der Waals surface area contributed by atoms with E-state index >= 15 is 0 Å². The molecule has 0 bridgehead atoms.